The predicted molar refractivity (Wildman–Crippen MR) is 111 cm³/mol. The number of piperidine rings is 1. The smallest absolute Gasteiger partial charge is 0.325 e. The number of carbonyl (C=O) groups is 2. The van der Waals surface area contributed by atoms with Gasteiger partial charge >= 0.3 is 5.69 Å². The number of hydrogen-bond donors (Lipinski definition) is 2. The molecule has 1 atom stereocenters. The van der Waals surface area contributed by atoms with E-state index in [0.29, 0.717) is 26.1 Å². The van der Waals surface area contributed by atoms with Gasteiger partial charge in [-0.2, -0.15) is 0 Å². The van der Waals surface area contributed by atoms with Crippen molar-refractivity contribution in [2.75, 3.05) is 26.2 Å². The molecule has 30 heavy (non-hydrogen) atoms. The van der Waals surface area contributed by atoms with Crippen LogP contribution in [-0.2, 0) is 11.2 Å². The summed E-state index contributed by atoms with van der Waals surface area (Å²) in [5.41, 5.74) is -0.754. The topological polar surface area (TPSA) is 106 Å². The summed E-state index contributed by atoms with van der Waals surface area (Å²) in [7, 11) is 0. The molecule has 1 spiro atoms. The number of hydrogen-bond acceptors (Lipinski definition) is 4. The quantitative estimate of drug-likeness (QED) is 0.771. The van der Waals surface area contributed by atoms with Crippen molar-refractivity contribution in [3.8, 4) is 0 Å². The molecule has 2 fully saturated rings. The number of nitrogens with zero attached hydrogens (tertiary/aromatic N) is 2. The average Bonchev–Trinajstić information content (AvgIpc) is 3.17. The first-order valence-corrected chi connectivity index (χ1v) is 10.4. The fourth-order valence-electron chi connectivity index (χ4n) is 4.65. The molecule has 0 radical (unpaired) electrons. The molecule has 2 amide bonds. The zero-order valence-electron chi connectivity index (χ0n) is 16.9. The number of aromatic nitrogens is 2. The molecule has 2 saturated heterocycles. The SMILES string of the molecule is O=C(c1c[nH]c(=O)[nH]c1=O)N1CCC2(CCCN(CCCc3ccccc3)C2=O)C1. The summed E-state index contributed by atoms with van der Waals surface area (Å²) in [5.74, 6) is -0.328. The Balaban J connectivity index is 1.40. The van der Waals surface area contributed by atoms with Crippen molar-refractivity contribution >= 4 is 11.8 Å². The van der Waals surface area contributed by atoms with E-state index in [1.165, 1.54) is 5.56 Å². The van der Waals surface area contributed by atoms with Crippen LogP contribution in [0.25, 0.3) is 0 Å². The minimum absolute atomic E-state index is 0.102. The summed E-state index contributed by atoms with van der Waals surface area (Å²) in [5, 5.41) is 0. The van der Waals surface area contributed by atoms with Gasteiger partial charge in [0.2, 0.25) is 5.91 Å². The van der Waals surface area contributed by atoms with Crippen LogP contribution in [0.15, 0.2) is 46.1 Å². The molecule has 8 nitrogen and oxygen atoms in total. The van der Waals surface area contributed by atoms with Gasteiger partial charge < -0.3 is 14.8 Å². The third kappa shape index (κ3) is 3.94. The highest BCUT2D eigenvalue weighted by Gasteiger charge is 2.49. The Morgan fingerprint density at radius 1 is 1.07 bits per heavy atom. The van der Waals surface area contributed by atoms with E-state index in [1.807, 2.05) is 23.1 Å². The second kappa shape index (κ2) is 8.30. The molecular weight excluding hydrogens is 384 g/mol. The van der Waals surface area contributed by atoms with Gasteiger partial charge in [-0.15, -0.1) is 0 Å². The Bertz CT molecular complexity index is 1040. The fourth-order valence-corrected chi connectivity index (χ4v) is 4.65. The normalized spacial score (nSPS) is 21.4. The van der Waals surface area contributed by atoms with E-state index < -0.39 is 22.6 Å². The third-order valence-corrected chi connectivity index (χ3v) is 6.25. The van der Waals surface area contributed by atoms with Gasteiger partial charge in [0.1, 0.15) is 5.56 Å². The largest absolute Gasteiger partial charge is 0.342 e. The van der Waals surface area contributed by atoms with E-state index >= 15 is 0 Å². The number of likely N-dealkylation sites (tertiary alicyclic amines) is 2. The molecule has 1 aromatic heterocycles. The van der Waals surface area contributed by atoms with E-state index in [1.54, 1.807) is 4.90 Å². The lowest BCUT2D eigenvalue weighted by molar-refractivity contribution is -0.145. The van der Waals surface area contributed by atoms with Gasteiger partial charge in [0.25, 0.3) is 11.5 Å². The van der Waals surface area contributed by atoms with Crippen LogP contribution in [-0.4, -0.2) is 57.8 Å². The number of H-pyrrole nitrogens is 2. The van der Waals surface area contributed by atoms with Crippen molar-refractivity contribution < 1.29 is 9.59 Å². The van der Waals surface area contributed by atoms with E-state index in [2.05, 4.69) is 22.1 Å². The van der Waals surface area contributed by atoms with E-state index in [9.17, 15) is 19.2 Å². The van der Waals surface area contributed by atoms with Crippen molar-refractivity contribution in [3.05, 3.63) is 68.5 Å². The third-order valence-electron chi connectivity index (χ3n) is 6.25. The highest BCUT2D eigenvalue weighted by atomic mass is 16.2. The van der Waals surface area contributed by atoms with Gasteiger partial charge in [-0.25, -0.2) is 4.79 Å². The summed E-state index contributed by atoms with van der Waals surface area (Å²) in [6.45, 7) is 2.21. The van der Waals surface area contributed by atoms with Gasteiger partial charge in [-0.1, -0.05) is 30.3 Å². The molecule has 0 saturated carbocycles. The first-order valence-electron chi connectivity index (χ1n) is 10.4. The van der Waals surface area contributed by atoms with Crippen LogP contribution in [0.2, 0.25) is 0 Å². The van der Waals surface area contributed by atoms with Gasteiger partial charge in [-0.05, 0) is 37.7 Å². The minimum Gasteiger partial charge on any atom is -0.342 e. The molecular formula is C22H26N4O4. The zero-order chi connectivity index (χ0) is 21.1. The Labute approximate surface area is 173 Å². The number of nitrogens with one attached hydrogen (secondary N) is 2. The first-order chi connectivity index (χ1) is 14.5. The number of rotatable bonds is 5. The van der Waals surface area contributed by atoms with Gasteiger partial charge in [-0.3, -0.25) is 19.4 Å². The molecule has 8 heteroatoms. The molecule has 2 aromatic rings. The van der Waals surface area contributed by atoms with Crippen molar-refractivity contribution in [3.63, 3.8) is 0 Å². The maximum atomic E-state index is 13.3. The van der Waals surface area contributed by atoms with Crippen LogP contribution >= 0.6 is 0 Å². The van der Waals surface area contributed by atoms with Gasteiger partial charge in [0.15, 0.2) is 0 Å². The standard InChI is InChI=1S/C22H26N4O4/c27-18-17(14-23-21(30)24-18)19(28)26-13-10-22(15-26)9-5-12-25(20(22)29)11-4-8-16-6-2-1-3-7-16/h1-3,6-7,14H,4-5,8-13,15H2,(H2,23,24,27,30). The molecule has 2 aliphatic rings. The van der Waals surface area contributed by atoms with Crippen molar-refractivity contribution in [1.29, 1.82) is 0 Å². The maximum absolute atomic E-state index is 13.3. The number of amides is 2. The highest BCUT2D eigenvalue weighted by molar-refractivity contribution is 5.95. The van der Waals surface area contributed by atoms with Gasteiger partial charge in [0.05, 0.1) is 5.41 Å². The van der Waals surface area contributed by atoms with Crippen LogP contribution in [0.3, 0.4) is 0 Å². The second-order valence-corrected chi connectivity index (χ2v) is 8.23. The molecule has 0 bridgehead atoms. The predicted octanol–water partition coefficient (Wildman–Crippen LogP) is 1.15. The van der Waals surface area contributed by atoms with E-state index in [-0.39, 0.29) is 11.5 Å². The Hall–Kier alpha value is -3.16. The number of benzene rings is 1. The lowest BCUT2D eigenvalue weighted by Gasteiger charge is -2.39. The van der Waals surface area contributed by atoms with Crippen LogP contribution in [0.5, 0.6) is 0 Å². The first kappa shape index (κ1) is 20.1. The van der Waals surface area contributed by atoms with E-state index in [4.69, 9.17) is 0 Å². The summed E-state index contributed by atoms with van der Waals surface area (Å²) >= 11 is 0. The summed E-state index contributed by atoms with van der Waals surface area (Å²) < 4.78 is 0. The number of aromatic amines is 2. The van der Waals surface area contributed by atoms with Crippen LogP contribution in [0, 0.1) is 5.41 Å². The Morgan fingerprint density at radius 2 is 1.87 bits per heavy atom. The van der Waals surface area contributed by atoms with Crippen molar-refractivity contribution in [1.82, 2.24) is 19.8 Å². The fraction of sp³-hybridized carbons (Fsp3) is 0.455. The van der Waals surface area contributed by atoms with Crippen LogP contribution in [0.1, 0.15) is 41.6 Å². The molecule has 4 rings (SSSR count). The highest BCUT2D eigenvalue weighted by Crippen LogP contribution is 2.40. The van der Waals surface area contributed by atoms with E-state index in [0.717, 1.165) is 38.4 Å². The Morgan fingerprint density at radius 3 is 2.63 bits per heavy atom. The second-order valence-electron chi connectivity index (χ2n) is 8.23. The van der Waals surface area contributed by atoms with Gasteiger partial charge in [0, 0.05) is 32.4 Å². The lowest BCUT2D eigenvalue weighted by Crippen LogP contribution is -2.50. The number of aryl methyl sites for hydroxylation is 1. The van der Waals surface area contributed by atoms with Crippen LogP contribution < -0.4 is 11.2 Å². The molecule has 2 N–H and O–H groups in total. The molecule has 1 unspecified atom stereocenters. The molecule has 158 valence electrons. The molecule has 3 heterocycles. The monoisotopic (exact) mass is 410 g/mol. The number of carbonyl (C=O) groups excluding carboxylic acids is 2. The summed E-state index contributed by atoms with van der Waals surface area (Å²) in [6, 6.07) is 10.2. The van der Waals surface area contributed by atoms with Crippen molar-refractivity contribution in [2.24, 2.45) is 5.41 Å². The molecule has 0 aliphatic carbocycles. The average molecular weight is 410 g/mol. The molecule has 2 aliphatic heterocycles. The summed E-state index contributed by atoms with van der Waals surface area (Å²) in [6.07, 6.45) is 5.25. The maximum Gasteiger partial charge on any atom is 0.325 e. The minimum atomic E-state index is -0.706. The Kier molecular flexibility index (Phi) is 5.57. The molecule has 1 aromatic carbocycles. The summed E-state index contributed by atoms with van der Waals surface area (Å²) in [4.78, 5) is 57.1. The van der Waals surface area contributed by atoms with Crippen LogP contribution in [0.4, 0.5) is 0 Å². The van der Waals surface area contributed by atoms with Crippen molar-refractivity contribution in [2.45, 2.75) is 32.1 Å². The lowest BCUT2D eigenvalue weighted by atomic mass is 9.78. The zero-order valence-corrected chi connectivity index (χ0v) is 16.9.